The van der Waals surface area contributed by atoms with E-state index in [0.717, 1.165) is 12.8 Å². The van der Waals surface area contributed by atoms with Crippen molar-refractivity contribution < 1.29 is 37.1 Å². The highest BCUT2D eigenvalue weighted by molar-refractivity contribution is 6.29. The predicted molar refractivity (Wildman–Crippen MR) is 119 cm³/mol. The Labute approximate surface area is 210 Å². The highest BCUT2D eigenvalue weighted by Crippen LogP contribution is 2.56. The molecule has 0 aromatic heterocycles. The quantitative estimate of drug-likeness (QED) is 0.307. The second-order valence-corrected chi connectivity index (χ2v) is 11.0. The van der Waals surface area contributed by atoms with Gasteiger partial charge in [0.2, 0.25) is 11.8 Å². The molecule has 2 aliphatic carbocycles. The molecular weight excluding hydrogens is 507 g/mol. The monoisotopic (exact) mass is 535 g/mol. The lowest BCUT2D eigenvalue weighted by molar-refractivity contribution is -0.150. The summed E-state index contributed by atoms with van der Waals surface area (Å²) in [7, 11) is 0. The third-order valence-corrected chi connectivity index (χ3v) is 7.97. The molecule has 4 aliphatic rings. The van der Waals surface area contributed by atoms with Gasteiger partial charge in [-0.25, -0.2) is 9.40 Å². The normalized spacial score (nSPS) is 26.8. The summed E-state index contributed by atoms with van der Waals surface area (Å²) in [5.41, 5.74) is -1.15. The number of carbonyl (C=O) groups is 5. The standard InChI is InChI=1S/C22H29ClF3N5O5/c1-21(3-4-21)13(28-18(34)15(25)26)19(35)30-10-22(5-6-22)8-12(30)17(33)29-31(20(36)14(23)24)9-11-2-7-27-16(11)32/h11-15H,2-10H2,1H3,(H,27,32)(H,28,34)(H,29,33)/t11-,12-,13+,14-/m0/s1. The summed E-state index contributed by atoms with van der Waals surface area (Å²) in [6.45, 7) is 1.97. The summed E-state index contributed by atoms with van der Waals surface area (Å²) in [6.07, 6.45) is -0.0614. The Balaban J connectivity index is 1.52. The van der Waals surface area contributed by atoms with Gasteiger partial charge in [0.25, 0.3) is 23.4 Å². The summed E-state index contributed by atoms with van der Waals surface area (Å²) in [6, 6.07) is -2.31. The first-order chi connectivity index (χ1) is 16.9. The van der Waals surface area contributed by atoms with Crippen molar-refractivity contribution in [1.29, 1.82) is 0 Å². The predicted octanol–water partition coefficient (Wildman–Crippen LogP) is 0.448. The van der Waals surface area contributed by atoms with Crippen LogP contribution in [0.15, 0.2) is 0 Å². The van der Waals surface area contributed by atoms with E-state index in [1.165, 1.54) is 4.90 Å². The number of carbonyl (C=O) groups excluding carboxylic acids is 5. The Morgan fingerprint density at radius 3 is 2.36 bits per heavy atom. The minimum absolute atomic E-state index is 0.196. The molecule has 2 saturated carbocycles. The number of nitrogens with zero attached hydrogens (tertiary/aromatic N) is 2. The van der Waals surface area contributed by atoms with Crippen LogP contribution in [-0.4, -0.2) is 83.2 Å². The molecule has 2 saturated heterocycles. The Kier molecular flexibility index (Phi) is 7.15. The molecule has 2 heterocycles. The number of hydrogen-bond acceptors (Lipinski definition) is 5. The number of rotatable bonds is 8. The molecule has 4 rings (SSSR count). The number of likely N-dealkylation sites (tertiary alicyclic amines) is 1. The maximum Gasteiger partial charge on any atom is 0.315 e. The van der Waals surface area contributed by atoms with Crippen molar-refractivity contribution >= 4 is 41.1 Å². The highest BCUT2D eigenvalue weighted by atomic mass is 35.5. The first-order valence-electron chi connectivity index (χ1n) is 11.9. The van der Waals surface area contributed by atoms with Crippen molar-refractivity contribution in [2.24, 2.45) is 16.7 Å². The zero-order valence-corrected chi connectivity index (χ0v) is 20.5. The van der Waals surface area contributed by atoms with E-state index in [1.807, 2.05) is 0 Å². The van der Waals surface area contributed by atoms with Crippen LogP contribution >= 0.6 is 11.6 Å². The number of hydrazine groups is 1. The topological polar surface area (TPSA) is 128 Å². The van der Waals surface area contributed by atoms with Crippen LogP contribution in [0, 0.1) is 16.7 Å². The average Bonchev–Trinajstić information content (AvgIpc) is 3.66. The highest BCUT2D eigenvalue weighted by Gasteiger charge is 2.59. The van der Waals surface area contributed by atoms with Gasteiger partial charge in [-0.2, -0.15) is 8.78 Å². The van der Waals surface area contributed by atoms with E-state index in [9.17, 15) is 37.1 Å². The fourth-order valence-corrected chi connectivity index (χ4v) is 5.13. The molecule has 3 N–H and O–H groups in total. The molecule has 36 heavy (non-hydrogen) atoms. The zero-order chi connectivity index (χ0) is 26.4. The van der Waals surface area contributed by atoms with Gasteiger partial charge in [0.05, 0.1) is 12.5 Å². The Bertz CT molecular complexity index is 958. The second kappa shape index (κ2) is 9.71. The third kappa shape index (κ3) is 5.40. The zero-order valence-electron chi connectivity index (χ0n) is 19.7. The van der Waals surface area contributed by atoms with Gasteiger partial charge in [-0.15, -0.1) is 0 Å². The maximum atomic E-state index is 13.7. The van der Waals surface area contributed by atoms with Crippen molar-refractivity contribution in [1.82, 2.24) is 26.0 Å². The fourth-order valence-electron chi connectivity index (χ4n) is 5.01. The van der Waals surface area contributed by atoms with E-state index in [0.29, 0.717) is 30.8 Å². The molecule has 0 radical (unpaired) electrons. The molecule has 1 spiro atoms. The third-order valence-electron chi connectivity index (χ3n) is 7.78. The van der Waals surface area contributed by atoms with Crippen molar-refractivity contribution in [3.8, 4) is 0 Å². The molecule has 10 nitrogen and oxygen atoms in total. The molecule has 200 valence electrons. The summed E-state index contributed by atoms with van der Waals surface area (Å²) in [5.74, 6) is -5.28. The molecule has 14 heteroatoms. The van der Waals surface area contributed by atoms with Gasteiger partial charge in [-0.05, 0) is 49.4 Å². The average molecular weight is 536 g/mol. The van der Waals surface area contributed by atoms with Gasteiger partial charge >= 0.3 is 6.43 Å². The van der Waals surface area contributed by atoms with E-state index in [1.54, 1.807) is 6.92 Å². The molecule has 4 atom stereocenters. The van der Waals surface area contributed by atoms with Crippen LogP contribution in [0.3, 0.4) is 0 Å². The Morgan fingerprint density at radius 1 is 1.19 bits per heavy atom. The molecular formula is C22H29ClF3N5O5. The molecule has 0 aromatic carbocycles. The number of amides is 5. The number of hydrogen-bond donors (Lipinski definition) is 3. The second-order valence-electron chi connectivity index (χ2n) is 10.6. The van der Waals surface area contributed by atoms with E-state index in [4.69, 9.17) is 11.6 Å². The van der Waals surface area contributed by atoms with Crippen LogP contribution in [0.5, 0.6) is 0 Å². The van der Waals surface area contributed by atoms with Crippen LogP contribution in [0.1, 0.15) is 45.4 Å². The summed E-state index contributed by atoms with van der Waals surface area (Å²) in [4.78, 5) is 64.2. The van der Waals surface area contributed by atoms with Crippen molar-refractivity contribution in [2.75, 3.05) is 19.6 Å². The summed E-state index contributed by atoms with van der Waals surface area (Å²) in [5, 5.41) is 5.39. The lowest BCUT2D eigenvalue weighted by Crippen LogP contribution is -2.59. The lowest BCUT2D eigenvalue weighted by Gasteiger charge is -2.33. The van der Waals surface area contributed by atoms with E-state index in [-0.39, 0.29) is 30.8 Å². The van der Waals surface area contributed by atoms with Gasteiger partial charge in [-0.1, -0.05) is 18.5 Å². The number of halogens is 4. The van der Waals surface area contributed by atoms with Crippen molar-refractivity contribution in [3.05, 3.63) is 0 Å². The first-order valence-corrected chi connectivity index (χ1v) is 12.4. The van der Waals surface area contributed by atoms with E-state index in [2.05, 4.69) is 16.1 Å². The van der Waals surface area contributed by atoms with Gasteiger partial charge in [0, 0.05) is 13.1 Å². The van der Waals surface area contributed by atoms with Gasteiger partial charge in [-0.3, -0.25) is 29.4 Å². The smallest absolute Gasteiger partial charge is 0.315 e. The van der Waals surface area contributed by atoms with Crippen LogP contribution in [0.25, 0.3) is 0 Å². The lowest BCUT2D eigenvalue weighted by atomic mass is 9.97. The Hall–Kier alpha value is -2.57. The molecule has 0 bridgehead atoms. The number of alkyl halides is 4. The van der Waals surface area contributed by atoms with Crippen molar-refractivity contribution in [3.63, 3.8) is 0 Å². The fraction of sp³-hybridized carbons (Fsp3) is 0.773. The molecule has 2 aliphatic heterocycles. The summed E-state index contributed by atoms with van der Waals surface area (Å²) < 4.78 is 39.6. The number of nitrogens with one attached hydrogen (secondary N) is 3. The van der Waals surface area contributed by atoms with E-state index >= 15 is 0 Å². The van der Waals surface area contributed by atoms with Crippen molar-refractivity contribution in [2.45, 2.75) is 69.6 Å². The molecule has 0 aromatic rings. The maximum absolute atomic E-state index is 13.7. The SMILES string of the molecule is CC1([C@H](NC(=O)C(F)F)C(=O)N2CC3(CC3)C[C@H]2C(=O)NN(C[C@@H]2CCNC2=O)C(=O)[C@H](F)Cl)CC1. The van der Waals surface area contributed by atoms with E-state index < -0.39 is 59.1 Å². The molecule has 4 fully saturated rings. The van der Waals surface area contributed by atoms with Gasteiger partial charge in [0.1, 0.15) is 12.1 Å². The first kappa shape index (κ1) is 26.5. The van der Waals surface area contributed by atoms with Crippen LogP contribution in [-0.2, 0) is 24.0 Å². The minimum atomic E-state index is -3.30. The summed E-state index contributed by atoms with van der Waals surface area (Å²) >= 11 is 5.32. The Morgan fingerprint density at radius 2 is 1.86 bits per heavy atom. The van der Waals surface area contributed by atoms with Crippen LogP contribution in [0.2, 0.25) is 0 Å². The van der Waals surface area contributed by atoms with Crippen LogP contribution in [0.4, 0.5) is 13.2 Å². The van der Waals surface area contributed by atoms with Gasteiger partial charge < -0.3 is 15.5 Å². The van der Waals surface area contributed by atoms with Gasteiger partial charge in [0.15, 0.2) is 0 Å². The van der Waals surface area contributed by atoms with Crippen LogP contribution < -0.4 is 16.1 Å². The molecule has 5 amide bonds. The minimum Gasteiger partial charge on any atom is -0.356 e. The largest absolute Gasteiger partial charge is 0.356 e. The molecule has 0 unspecified atom stereocenters.